The molecule has 1 aromatic carbocycles. The Labute approximate surface area is 158 Å². The molecule has 2 atom stereocenters. The van der Waals surface area contributed by atoms with Crippen molar-refractivity contribution in [2.75, 3.05) is 18.0 Å². The van der Waals surface area contributed by atoms with E-state index in [4.69, 9.17) is 5.41 Å². The van der Waals surface area contributed by atoms with Crippen LogP contribution < -0.4 is 14.8 Å². The number of hydrogen-bond acceptors (Lipinski definition) is 4. The predicted molar refractivity (Wildman–Crippen MR) is 103 cm³/mol. The summed E-state index contributed by atoms with van der Waals surface area (Å²) in [5, 5.41) is 9.97. The number of amides is 2. The summed E-state index contributed by atoms with van der Waals surface area (Å²) in [5.41, 5.74) is 2.05. The van der Waals surface area contributed by atoms with E-state index < -0.39 is 17.9 Å². The third-order valence-corrected chi connectivity index (χ3v) is 4.95. The zero-order chi connectivity index (χ0) is 19.4. The van der Waals surface area contributed by atoms with E-state index in [-0.39, 0.29) is 11.5 Å². The second-order valence-corrected chi connectivity index (χ2v) is 6.37. The molecule has 1 aliphatic heterocycles. The number of piperidine rings is 1. The van der Waals surface area contributed by atoms with Gasteiger partial charge in [0.2, 0.25) is 6.04 Å². The highest BCUT2D eigenvalue weighted by Gasteiger charge is 2.47. The number of anilines is 1. The summed E-state index contributed by atoms with van der Waals surface area (Å²) in [6.45, 7) is 5.99. The summed E-state index contributed by atoms with van der Waals surface area (Å²) in [6, 6.07) is 12.7. The molecule has 6 nitrogen and oxygen atoms in total. The molecule has 2 unspecified atom stereocenters. The van der Waals surface area contributed by atoms with Crippen LogP contribution in [0, 0.1) is 5.41 Å². The fourth-order valence-electron chi connectivity index (χ4n) is 3.57. The summed E-state index contributed by atoms with van der Waals surface area (Å²) in [6.07, 6.45) is 3.58. The normalized spacial score (nSPS) is 19.4. The van der Waals surface area contributed by atoms with E-state index in [1.807, 2.05) is 42.5 Å². The molecule has 27 heavy (non-hydrogen) atoms. The van der Waals surface area contributed by atoms with Gasteiger partial charge in [-0.25, -0.2) is 0 Å². The SMILES string of the molecule is CCN(CC)c1ccc(C2C(=C=N)C(=O)NC(=O)C2[n+]2ccccc2)cc1. The molecule has 3 rings (SSSR count). The van der Waals surface area contributed by atoms with Crippen molar-refractivity contribution in [3.05, 3.63) is 66.0 Å². The topological polar surface area (TPSA) is 77.1 Å². The smallest absolute Gasteiger partial charge is 0.296 e. The Kier molecular flexibility index (Phi) is 5.48. The third kappa shape index (κ3) is 3.52. The number of aromatic nitrogens is 1. The average molecular weight is 363 g/mol. The molecule has 1 saturated heterocycles. The minimum Gasteiger partial charge on any atom is -0.372 e. The van der Waals surface area contributed by atoms with Crippen LogP contribution in [0.2, 0.25) is 0 Å². The number of nitrogens with zero attached hydrogens (tertiary/aromatic N) is 2. The standard InChI is InChI=1S/C21H22N4O2/c1-3-24(4-2)16-10-8-15(9-11-16)18-17(14-22)20(26)23-21(27)19(18)25-12-6-5-7-13-25/h5-13,18-19,22H,3-4H2,1-2H3/p+1. The van der Waals surface area contributed by atoms with Gasteiger partial charge in [0.25, 0.3) is 11.8 Å². The molecule has 2 N–H and O–H groups in total. The fraction of sp³-hybridized carbons (Fsp3) is 0.286. The lowest BCUT2D eigenvalue weighted by Gasteiger charge is -2.28. The minimum absolute atomic E-state index is 0.159. The van der Waals surface area contributed by atoms with Gasteiger partial charge in [0.1, 0.15) is 0 Å². The lowest BCUT2D eigenvalue weighted by Crippen LogP contribution is -2.57. The van der Waals surface area contributed by atoms with Crippen molar-refractivity contribution in [3.63, 3.8) is 0 Å². The van der Waals surface area contributed by atoms with Crippen molar-refractivity contribution in [2.24, 2.45) is 0 Å². The number of carbonyl (C=O) groups excluding carboxylic acids is 2. The highest BCUT2D eigenvalue weighted by atomic mass is 16.2. The van der Waals surface area contributed by atoms with E-state index in [0.717, 1.165) is 24.3 Å². The molecule has 1 aliphatic rings. The molecule has 2 aromatic rings. The number of pyridine rings is 1. The predicted octanol–water partition coefficient (Wildman–Crippen LogP) is 1.98. The Bertz CT molecular complexity index is 882. The van der Waals surface area contributed by atoms with Crippen LogP contribution in [-0.4, -0.2) is 30.8 Å². The van der Waals surface area contributed by atoms with Gasteiger partial charge in [-0.1, -0.05) is 18.2 Å². The first-order valence-corrected chi connectivity index (χ1v) is 9.06. The van der Waals surface area contributed by atoms with Crippen LogP contribution in [0.5, 0.6) is 0 Å². The maximum atomic E-state index is 12.7. The molecule has 0 spiro atoms. The molecular formula is C21H23N4O2+. The van der Waals surface area contributed by atoms with Crippen LogP contribution in [0.25, 0.3) is 0 Å². The second kappa shape index (κ2) is 7.98. The molecule has 0 aliphatic carbocycles. The van der Waals surface area contributed by atoms with Crippen molar-refractivity contribution in [1.29, 1.82) is 5.41 Å². The Morgan fingerprint density at radius 3 is 2.26 bits per heavy atom. The molecule has 2 amide bonds. The highest BCUT2D eigenvalue weighted by Crippen LogP contribution is 2.35. The van der Waals surface area contributed by atoms with Crippen molar-refractivity contribution in [1.82, 2.24) is 5.32 Å². The molecule has 1 fully saturated rings. The van der Waals surface area contributed by atoms with Gasteiger partial charge in [-0.05, 0) is 37.4 Å². The Morgan fingerprint density at radius 2 is 1.70 bits per heavy atom. The van der Waals surface area contributed by atoms with Crippen molar-refractivity contribution in [3.8, 4) is 0 Å². The largest absolute Gasteiger partial charge is 0.372 e. The van der Waals surface area contributed by atoms with Crippen LogP contribution in [0.1, 0.15) is 31.4 Å². The second-order valence-electron chi connectivity index (χ2n) is 6.37. The maximum absolute atomic E-state index is 12.7. The van der Waals surface area contributed by atoms with Crippen molar-refractivity contribution in [2.45, 2.75) is 25.8 Å². The molecule has 1 aromatic heterocycles. The Balaban J connectivity index is 2.08. The van der Waals surface area contributed by atoms with Crippen molar-refractivity contribution >= 4 is 23.4 Å². The van der Waals surface area contributed by atoms with Gasteiger partial charge in [0.05, 0.1) is 11.5 Å². The van der Waals surface area contributed by atoms with E-state index in [1.165, 1.54) is 0 Å². The van der Waals surface area contributed by atoms with Crippen LogP contribution in [0.15, 0.2) is 60.4 Å². The summed E-state index contributed by atoms with van der Waals surface area (Å²) in [4.78, 5) is 27.2. The van der Waals surface area contributed by atoms with Crippen LogP contribution in [-0.2, 0) is 9.59 Å². The van der Waals surface area contributed by atoms with Gasteiger partial charge in [-0.15, -0.1) is 0 Å². The number of benzene rings is 1. The summed E-state index contributed by atoms with van der Waals surface area (Å²) < 4.78 is 1.77. The van der Waals surface area contributed by atoms with E-state index in [9.17, 15) is 9.59 Å². The van der Waals surface area contributed by atoms with Crippen LogP contribution in [0.4, 0.5) is 5.69 Å². The molecular weight excluding hydrogens is 340 g/mol. The van der Waals surface area contributed by atoms with Gasteiger partial charge in [0, 0.05) is 30.9 Å². The number of rotatable bonds is 5. The number of nitrogens with one attached hydrogen (secondary N) is 2. The maximum Gasteiger partial charge on any atom is 0.296 e. The number of hydrogen-bond donors (Lipinski definition) is 2. The Morgan fingerprint density at radius 1 is 1.07 bits per heavy atom. The fourth-order valence-corrected chi connectivity index (χ4v) is 3.57. The summed E-state index contributed by atoms with van der Waals surface area (Å²) in [5.74, 6) is 0.757. The highest BCUT2D eigenvalue weighted by molar-refractivity contribution is 6.13. The zero-order valence-electron chi connectivity index (χ0n) is 15.5. The quantitative estimate of drug-likeness (QED) is 0.369. The van der Waals surface area contributed by atoms with Crippen LogP contribution in [0.3, 0.4) is 0 Å². The molecule has 0 bridgehead atoms. The molecule has 138 valence electrons. The zero-order valence-corrected chi connectivity index (χ0v) is 15.5. The first kappa shape index (κ1) is 18.5. The van der Waals surface area contributed by atoms with E-state index in [1.54, 1.807) is 17.0 Å². The lowest BCUT2D eigenvalue weighted by molar-refractivity contribution is -0.711. The molecule has 6 heteroatoms. The lowest BCUT2D eigenvalue weighted by atomic mass is 9.81. The van der Waals surface area contributed by atoms with Crippen LogP contribution >= 0.6 is 0 Å². The van der Waals surface area contributed by atoms with Gasteiger partial charge in [0.15, 0.2) is 12.4 Å². The van der Waals surface area contributed by atoms with Gasteiger partial charge >= 0.3 is 0 Å². The van der Waals surface area contributed by atoms with Gasteiger partial charge < -0.3 is 4.90 Å². The average Bonchev–Trinajstić information content (AvgIpc) is 2.69. The molecule has 0 saturated carbocycles. The van der Waals surface area contributed by atoms with Gasteiger partial charge in [-0.3, -0.25) is 20.3 Å². The number of carbonyl (C=O) groups is 2. The van der Waals surface area contributed by atoms with Crippen molar-refractivity contribution < 1.29 is 14.2 Å². The first-order valence-electron chi connectivity index (χ1n) is 9.06. The molecule has 0 radical (unpaired) electrons. The summed E-state index contributed by atoms with van der Waals surface area (Å²) in [7, 11) is 0. The molecule has 2 heterocycles. The Hall–Kier alpha value is -3.24. The van der Waals surface area contributed by atoms with E-state index >= 15 is 0 Å². The summed E-state index contributed by atoms with van der Waals surface area (Å²) >= 11 is 0. The van der Waals surface area contributed by atoms with E-state index in [2.05, 4.69) is 29.9 Å². The minimum atomic E-state index is -0.656. The first-order chi connectivity index (χ1) is 13.1. The van der Waals surface area contributed by atoms with E-state index in [0.29, 0.717) is 0 Å². The number of imide groups is 1. The monoisotopic (exact) mass is 363 g/mol. The van der Waals surface area contributed by atoms with Gasteiger partial charge in [-0.2, -0.15) is 4.57 Å². The third-order valence-electron chi connectivity index (χ3n) is 4.95.